The Morgan fingerprint density at radius 1 is 1.09 bits per heavy atom. The van der Waals surface area contributed by atoms with Crippen LogP contribution in [0, 0.1) is 0 Å². The van der Waals surface area contributed by atoms with Gasteiger partial charge >= 0.3 is 0 Å². The molecule has 0 unspecified atom stereocenters. The summed E-state index contributed by atoms with van der Waals surface area (Å²) in [6.07, 6.45) is 10.8. The highest BCUT2D eigenvalue weighted by molar-refractivity contribution is 5.48. The number of likely N-dealkylation sites (tertiary alicyclic amines) is 1. The van der Waals surface area contributed by atoms with Gasteiger partial charge < -0.3 is 14.6 Å². The quantitative estimate of drug-likeness (QED) is 0.340. The number of aryl methyl sites for hydroxylation is 1. The molecule has 0 spiro atoms. The third-order valence-corrected chi connectivity index (χ3v) is 7.51. The Kier molecular flexibility index (Phi) is 8.84. The molecule has 2 aliphatic rings. The van der Waals surface area contributed by atoms with E-state index in [1.807, 2.05) is 19.1 Å². The number of piperidine rings is 1. The first-order valence-corrected chi connectivity index (χ1v) is 12.9. The van der Waals surface area contributed by atoms with Crippen LogP contribution in [-0.4, -0.2) is 49.5 Å². The molecule has 4 rings (SSSR count). The maximum Gasteiger partial charge on any atom is 0.115 e. The number of hydrogen-bond acceptors (Lipinski definition) is 4. The van der Waals surface area contributed by atoms with Crippen molar-refractivity contribution in [2.45, 2.75) is 50.5 Å². The number of phenolic OH excluding ortho intramolecular Hbond substituents is 1. The number of allylic oxidation sites excluding steroid dienone is 4. The van der Waals surface area contributed by atoms with Crippen LogP contribution >= 0.6 is 0 Å². The molecular formula is C31H39NO3. The molecule has 186 valence electrons. The van der Waals surface area contributed by atoms with Crippen molar-refractivity contribution in [2.75, 3.05) is 33.4 Å². The maximum absolute atomic E-state index is 10.0. The first-order valence-electron chi connectivity index (χ1n) is 12.9. The third kappa shape index (κ3) is 6.45. The van der Waals surface area contributed by atoms with Crippen LogP contribution in [0.5, 0.6) is 5.75 Å². The second-order valence-electron chi connectivity index (χ2n) is 9.64. The number of phenols is 1. The van der Waals surface area contributed by atoms with E-state index in [1.165, 1.54) is 16.7 Å². The zero-order valence-corrected chi connectivity index (χ0v) is 21.2. The number of rotatable bonds is 9. The van der Waals surface area contributed by atoms with E-state index in [4.69, 9.17) is 9.47 Å². The molecule has 1 saturated heterocycles. The molecule has 1 heterocycles. The van der Waals surface area contributed by atoms with Gasteiger partial charge in [-0.1, -0.05) is 49.1 Å². The van der Waals surface area contributed by atoms with Crippen LogP contribution in [0.15, 0.2) is 84.7 Å². The lowest BCUT2D eigenvalue weighted by Gasteiger charge is -2.35. The largest absolute Gasteiger partial charge is 0.508 e. The highest BCUT2D eigenvalue weighted by Gasteiger charge is 2.32. The first kappa shape index (κ1) is 25.3. The fraction of sp³-hybridized carbons (Fsp3) is 0.419. The van der Waals surface area contributed by atoms with Gasteiger partial charge in [0.15, 0.2) is 0 Å². The van der Waals surface area contributed by atoms with Gasteiger partial charge in [-0.15, -0.1) is 0 Å². The summed E-state index contributed by atoms with van der Waals surface area (Å²) in [6.45, 7) is 10.2. The van der Waals surface area contributed by atoms with E-state index in [2.05, 4.69) is 60.0 Å². The van der Waals surface area contributed by atoms with E-state index in [9.17, 15) is 5.11 Å². The second-order valence-corrected chi connectivity index (χ2v) is 9.64. The molecule has 1 aliphatic carbocycles. The van der Waals surface area contributed by atoms with Crippen LogP contribution in [-0.2, 0) is 15.9 Å². The van der Waals surface area contributed by atoms with Gasteiger partial charge in [0.1, 0.15) is 18.1 Å². The van der Waals surface area contributed by atoms with E-state index < -0.39 is 0 Å². The normalized spacial score (nSPS) is 21.7. The average Bonchev–Trinajstić information content (AvgIpc) is 2.90. The summed E-state index contributed by atoms with van der Waals surface area (Å²) >= 11 is 0. The molecule has 4 nitrogen and oxygen atoms in total. The van der Waals surface area contributed by atoms with Gasteiger partial charge in [-0.25, -0.2) is 0 Å². The standard InChI is InChI=1S/C31H39NO3/c1-4-27(35-21-20-32-18-16-28(34-3)17-19-32)13-10-23(2)31-29(24-8-6-5-7-9-24)14-11-25-22-26(33)12-15-30(25)31/h4-10,12-13,15,22,28-29,31,33H,2,11,14,16-21H2,1,3H3/b13-10-,27-4+/t29-,31+/m1/s1. The van der Waals surface area contributed by atoms with Gasteiger partial charge in [-0.05, 0) is 85.1 Å². The summed E-state index contributed by atoms with van der Waals surface area (Å²) in [4.78, 5) is 2.45. The predicted molar refractivity (Wildman–Crippen MR) is 143 cm³/mol. The minimum Gasteiger partial charge on any atom is -0.508 e. The molecule has 1 aliphatic heterocycles. The zero-order chi connectivity index (χ0) is 24.6. The first-order chi connectivity index (χ1) is 17.1. The van der Waals surface area contributed by atoms with Crippen molar-refractivity contribution in [1.82, 2.24) is 4.90 Å². The summed E-state index contributed by atoms with van der Waals surface area (Å²) in [5, 5.41) is 10.0. The van der Waals surface area contributed by atoms with Crippen molar-refractivity contribution in [3.8, 4) is 5.75 Å². The third-order valence-electron chi connectivity index (χ3n) is 7.51. The molecule has 2 aromatic rings. The van der Waals surface area contributed by atoms with Crippen molar-refractivity contribution >= 4 is 0 Å². The molecule has 0 bridgehead atoms. The number of benzene rings is 2. The van der Waals surface area contributed by atoms with Crippen LogP contribution in [0.1, 0.15) is 54.7 Å². The number of aromatic hydroxyl groups is 1. The molecule has 0 radical (unpaired) electrons. The fourth-order valence-corrected chi connectivity index (χ4v) is 5.51. The van der Waals surface area contributed by atoms with Crippen molar-refractivity contribution < 1.29 is 14.6 Å². The fourth-order valence-electron chi connectivity index (χ4n) is 5.51. The zero-order valence-electron chi connectivity index (χ0n) is 21.2. The van der Waals surface area contributed by atoms with Crippen molar-refractivity contribution in [1.29, 1.82) is 0 Å². The van der Waals surface area contributed by atoms with Crippen molar-refractivity contribution in [3.05, 3.63) is 101 Å². The average molecular weight is 474 g/mol. The van der Waals surface area contributed by atoms with Crippen molar-refractivity contribution in [2.24, 2.45) is 0 Å². The Morgan fingerprint density at radius 3 is 2.57 bits per heavy atom. The second kappa shape index (κ2) is 12.2. The van der Waals surface area contributed by atoms with Gasteiger partial charge in [0.05, 0.1) is 6.10 Å². The van der Waals surface area contributed by atoms with Gasteiger partial charge in [0.25, 0.3) is 0 Å². The van der Waals surface area contributed by atoms with Gasteiger partial charge in [-0.3, -0.25) is 4.90 Å². The van der Waals surface area contributed by atoms with E-state index in [0.717, 1.165) is 56.6 Å². The Morgan fingerprint density at radius 2 is 1.86 bits per heavy atom. The summed E-state index contributed by atoms with van der Waals surface area (Å²) in [5.74, 6) is 1.72. The molecule has 1 N–H and O–H groups in total. The molecular weight excluding hydrogens is 434 g/mol. The predicted octanol–water partition coefficient (Wildman–Crippen LogP) is 6.35. The maximum atomic E-state index is 10.0. The topological polar surface area (TPSA) is 41.9 Å². The van der Waals surface area contributed by atoms with E-state index >= 15 is 0 Å². The summed E-state index contributed by atoms with van der Waals surface area (Å²) in [7, 11) is 1.81. The molecule has 2 atom stereocenters. The summed E-state index contributed by atoms with van der Waals surface area (Å²) in [6, 6.07) is 16.5. The van der Waals surface area contributed by atoms with Crippen LogP contribution in [0.4, 0.5) is 0 Å². The number of hydrogen-bond donors (Lipinski definition) is 1. The van der Waals surface area contributed by atoms with Gasteiger partial charge in [0.2, 0.25) is 0 Å². The van der Waals surface area contributed by atoms with Crippen molar-refractivity contribution in [3.63, 3.8) is 0 Å². The van der Waals surface area contributed by atoms with E-state index in [0.29, 0.717) is 24.4 Å². The lowest BCUT2D eigenvalue weighted by molar-refractivity contribution is 0.0346. The summed E-state index contributed by atoms with van der Waals surface area (Å²) < 4.78 is 11.6. The van der Waals surface area contributed by atoms with Gasteiger partial charge in [-0.2, -0.15) is 0 Å². The Labute approximate surface area is 210 Å². The van der Waals surface area contributed by atoms with Crippen LogP contribution in [0.25, 0.3) is 0 Å². The lowest BCUT2D eigenvalue weighted by atomic mass is 9.69. The number of ether oxygens (including phenoxy) is 2. The number of fused-ring (bicyclic) bond motifs is 1. The molecule has 0 aromatic heterocycles. The van der Waals surface area contributed by atoms with Crippen LogP contribution in [0.2, 0.25) is 0 Å². The Balaban J connectivity index is 1.42. The van der Waals surface area contributed by atoms with Crippen LogP contribution < -0.4 is 0 Å². The molecule has 4 heteroatoms. The minimum atomic E-state index is 0.165. The monoisotopic (exact) mass is 473 g/mol. The highest BCUT2D eigenvalue weighted by atomic mass is 16.5. The summed E-state index contributed by atoms with van der Waals surface area (Å²) in [5.41, 5.74) is 4.89. The molecule has 1 fully saturated rings. The smallest absolute Gasteiger partial charge is 0.115 e. The highest BCUT2D eigenvalue weighted by Crippen LogP contribution is 2.47. The van der Waals surface area contributed by atoms with Gasteiger partial charge in [0, 0.05) is 32.7 Å². The number of nitrogens with zero attached hydrogens (tertiary/aromatic N) is 1. The SMILES string of the molecule is C=C(/C=C\C(=C/C)OCCN1CCC(OC)CC1)[C@@H]1c2ccc(O)cc2CC[C@@H]1c1ccccc1. The molecule has 35 heavy (non-hydrogen) atoms. The number of methoxy groups -OCH3 is 1. The molecule has 0 saturated carbocycles. The van der Waals surface area contributed by atoms with Crippen LogP contribution in [0.3, 0.4) is 0 Å². The Bertz CT molecular complexity index is 1030. The molecule has 0 amide bonds. The Hall–Kier alpha value is -2.82. The minimum absolute atomic E-state index is 0.165. The lowest BCUT2D eigenvalue weighted by Crippen LogP contribution is -2.38. The van der Waals surface area contributed by atoms with E-state index in [-0.39, 0.29) is 5.92 Å². The van der Waals surface area contributed by atoms with E-state index in [1.54, 1.807) is 13.2 Å². The molecule has 2 aromatic carbocycles.